The van der Waals surface area contributed by atoms with Crippen molar-refractivity contribution in [2.45, 2.75) is 26.3 Å². The molecule has 6 heteroatoms. The monoisotopic (exact) mass is 322 g/mol. The number of likely N-dealkylation sites (tertiary alicyclic amines) is 1. The first-order chi connectivity index (χ1) is 10.3. The van der Waals surface area contributed by atoms with Crippen molar-refractivity contribution in [3.05, 3.63) is 34.9 Å². The van der Waals surface area contributed by atoms with Crippen LogP contribution in [0.3, 0.4) is 0 Å². The van der Waals surface area contributed by atoms with Gasteiger partial charge in [-0.15, -0.1) is 0 Å². The number of sulfonamides is 1. The van der Waals surface area contributed by atoms with E-state index >= 15 is 0 Å². The molecule has 2 atom stereocenters. The van der Waals surface area contributed by atoms with E-state index in [4.69, 9.17) is 0 Å². The summed E-state index contributed by atoms with van der Waals surface area (Å²) in [4.78, 5) is 14.6. The van der Waals surface area contributed by atoms with Crippen LogP contribution in [0.4, 0.5) is 0 Å². The third-order valence-electron chi connectivity index (χ3n) is 4.84. The van der Waals surface area contributed by atoms with Gasteiger partial charge in [0.15, 0.2) is 0 Å². The molecule has 3 rings (SSSR count). The standard InChI is InChI=1S/C16H22N2O3S/c1-11-4-5-12(2)14(8-11)16(19)17-7-6-13-9-18(15(13)10-17)22(3,20)21/h4-5,8,13,15H,6-7,9-10H2,1-3H3. The number of hydrogen-bond donors (Lipinski definition) is 0. The van der Waals surface area contributed by atoms with E-state index < -0.39 is 10.0 Å². The van der Waals surface area contributed by atoms with Gasteiger partial charge < -0.3 is 4.90 Å². The number of nitrogens with zero attached hydrogens (tertiary/aromatic N) is 2. The fourth-order valence-corrected chi connectivity index (χ4v) is 4.64. The molecule has 2 fully saturated rings. The molecule has 2 aliphatic heterocycles. The van der Waals surface area contributed by atoms with Crippen LogP contribution in [0.2, 0.25) is 0 Å². The Morgan fingerprint density at radius 3 is 2.64 bits per heavy atom. The maximum atomic E-state index is 12.8. The number of rotatable bonds is 2. The van der Waals surface area contributed by atoms with Crippen LogP contribution in [0.15, 0.2) is 18.2 Å². The molecule has 2 aliphatic rings. The van der Waals surface area contributed by atoms with Crippen LogP contribution in [-0.2, 0) is 10.0 Å². The second-order valence-electron chi connectivity index (χ2n) is 6.52. The van der Waals surface area contributed by atoms with Crippen molar-refractivity contribution < 1.29 is 13.2 Å². The summed E-state index contributed by atoms with van der Waals surface area (Å²) in [6.07, 6.45) is 2.13. The number of amides is 1. The maximum Gasteiger partial charge on any atom is 0.254 e. The molecule has 5 nitrogen and oxygen atoms in total. The van der Waals surface area contributed by atoms with Crippen LogP contribution in [0.5, 0.6) is 0 Å². The molecule has 0 radical (unpaired) electrons. The van der Waals surface area contributed by atoms with Gasteiger partial charge >= 0.3 is 0 Å². The second kappa shape index (κ2) is 5.35. The zero-order valence-corrected chi connectivity index (χ0v) is 14.1. The fourth-order valence-electron chi connectivity index (χ4n) is 3.45. The molecule has 1 aromatic carbocycles. The first-order valence-corrected chi connectivity index (χ1v) is 9.45. The van der Waals surface area contributed by atoms with Gasteiger partial charge in [0.2, 0.25) is 10.0 Å². The SMILES string of the molecule is Cc1ccc(C)c(C(=O)N2CCC3CN(S(C)(=O)=O)C3C2)c1. The summed E-state index contributed by atoms with van der Waals surface area (Å²) in [7, 11) is -3.17. The highest BCUT2D eigenvalue weighted by Gasteiger charge is 2.47. The Hall–Kier alpha value is -1.40. The minimum absolute atomic E-state index is 0.0139. The molecule has 0 saturated carbocycles. The van der Waals surface area contributed by atoms with Crippen molar-refractivity contribution in [2.75, 3.05) is 25.9 Å². The molecule has 1 aromatic rings. The van der Waals surface area contributed by atoms with Crippen LogP contribution in [0, 0.1) is 19.8 Å². The minimum atomic E-state index is -3.17. The van der Waals surface area contributed by atoms with E-state index in [0.29, 0.717) is 25.6 Å². The summed E-state index contributed by atoms with van der Waals surface area (Å²) >= 11 is 0. The molecule has 22 heavy (non-hydrogen) atoms. The lowest BCUT2D eigenvalue weighted by atomic mass is 9.84. The molecule has 2 heterocycles. The van der Waals surface area contributed by atoms with Crippen molar-refractivity contribution in [1.29, 1.82) is 0 Å². The van der Waals surface area contributed by atoms with Gasteiger partial charge in [-0.2, -0.15) is 4.31 Å². The van der Waals surface area contributed by atoms with E-state index in [1.807, 2.05) is 32.0 Å². The molecule has 0 aliphatic carbocycles. The highest BCUT2D eigenvalue weighted by Crippen LogP contribution is 2.34. The van der Waals surface area contributed by atoms with E-state index in [-0.39, 0.29) is 11.9 Å². The molecular formula is C16H22N2O3S. The quantitative estimate of drug-likeness (QED) is 0.827. The predicted octanol–water partition coefficient (Wildman–Crippen LogP) is 1.41. The van der Waals surface area contributed by atoms with E-state index in [2.05, 4.69) is 0 Å². The number of carbonyl (C=O) groups is 1. The van der Waals surface area contributed by atoms with E-state index in [9.17, 15) is 13.2 Å². The van der Waals surface area contributed by atoms with Crippen molar-refractivity contribution in [1.82, 2.24) is 9.21 Å². The van der Waals surface area contributed by atoms with Crippen LogP contribution in [-0.4, -0.2) is 55.5 Å². The minimum Gasteiger partial charge on any atom is -0.337 e. The van der Waals surface area contributed by atoms with Crippen LogP contribution < -0.4 is 0 Å². The third-order valence-corrected chi connectivity index (χ3v) is 6.11. The Kier molecular flexibility index (Phi) is 3.77. The van der Waals surface area contributed by atoms with Gasteiger partial charge in [-0.05, 0) is 37.8 Å². The first kappa shape index (κ1) is 15.5. The molecule has 1 amide bonds. The first-order valence-electron chi connectivity index (χ1n) is 7.60. The largest absolute Gasteiger partial charge is 0.337 e. The molecular weight excluding hydrogens is 300 g/mol. The molecule has 0 spiro atoms. The van der Waals surface area contributed by atoms with Crippen molar-refractivity contribution in [3.63, 3.8) is 0 Å². The normalized spacial score (nSPS) is 25.5. The number of piperidine rings is 1. The summed E-state index contributed by atoms with van der Waals surface area (Å²) in [5, 5.41) is 0. The maximum absolute atomic E-state index is 12.8. The van der Waals surface area contributed by atoms with Gasteiger partial charge in [0.05, 0.1) is 6.26 Å². The average molecular weight is 322 g/mol. The Morgan fingerprint density at radius 2 is 1.95 bits per heavy atom. The van der Waals surface area contributed by atoms with E-state index in [0.717, 1.165) is 23.1 Å². The third kappa shape index (κ3) is 2.65. The van der Waals surface area contributed by atoms with Crippen LogP contribution in [0.1, 0.15) is 27.9 Å². The number of benzene rings is 1. The summed E-state index contributed by atoms with van der Waals surface area (Å²) in [5.41, 5.74) is 2.75. The zero-order valence-electron chi connectivity index (χ0n) is 13.2. The van der Waals surface area contributed by atoms with Crippen molar-refractivity contribution in [2.24, 2.45) is 5.92 Å². The van der Waals surface area contributed by atoms with E-state index in [1.165, 1.54) is 10.6 Å². The molecule has 2 unspecified atom stereocenters. The van der Waals surface area contributed by atoms with Crippen molar-refractivity contribution in [3.8, 4) is 0 Å². The smallest absolute Gasteiger partial charge is 0.254 e. The molecule has 120 valence electrons. The lowest BCUT2D eigenvalue weighted by Crippen LogP contribution is -2.65. The summed E-state index contributed by atoms with van der Waals surface area (Å²) in [6, 6.07) is 5.83. The Balaban J connectivity index is 1.79. The van der Waals surface area contributed by atoms with Gasteiger partial charge in [-0.25, -0.2) is 8.42 Å². The number of hydrogen-bond acceptors (Lipinski definition) is 3. The van der Waals surface area contributed by atoms with Crippen LogP contribution >= 0.6 is 0 Å². The lowest BCUT2D eigenvalue weighted by molar-refractivity contribution is 0.0141. The highest BCUT2D eigenvalue weighted by atomic mass is 32.2. The molecule has 0 bridgehead atoms. The average Bonchev–Trinajstić information content (AvgIpc) is 2.40. The molecule has 2 saturated heterocycles. The highest BCUT2D eigenvalue weighted by molar-refractivity contribution is 7.88. The van der Waals surface area contributed by atoms with Gasteiger partial charge in [0, 0.05) is 31.2 Å². The predicted molar refractivity (Wildman–Crippen MR) is 85.3 cm³/mol. The Bertz CT molecular complexity index is 714. The number of fused-ring (bicyclic) bond motifs is 1. The van der Waals surface area contributed by atoms with Gasteiger partial charge in [-0.1, -0.05) is 17.7 Å². The van der Waals surface area contributed by atoms with Gasteiger partial charge in [-0.3, -0.25) is 4.79 Å². The molecule has 0 N–H and O–H groups in total. The second-order valence-corrected chi connectivity index (χ2v) is 8.45. The Labute approximate surface area is 132 Å². The topological polar surface area (TPSA) is 57.7 Å². The van der Waals surface area contributed by atoms with Crippen molar-refractivity contribution >= 4 is 15.9 Å². The number of aryl methyl sites for hydroxylation is 2. The summed E-state index contributed by atoms with van der Waals surface area (Å²) in [5.74, 6) is 0.414. The molecule has 0 aromatic heterocycles. The summed E-state index contributed by atoms with van der Waals surface area (Å²) in [6.45, 7) is 5.73. The fraction of sp³-hybridized carbons (Fsp3) is 0.562. The summed E-state index contributed by atoms with van der Waals surface area (Å²) < 4.78 is 25.0. The van der Waals surface area contributed by atoms with E-state index in [1.54, 1.807) is 4.90 Å². The number of carbonyl (C=O) groups excluding carboxylic acids is 1. The lowest BCUT2D eigenvalue weighted by Gasteiger charge is -2.51. The Morgan fingerprint density at radius 1 is 1.23 bits per heavy atom. The van der Waals surface area contributed by atoms with Crippen LogP contribution in [0.25, 0.3) is 0 Å². The van der Waals surface area contributed by atoms with Gasteiger partial charge in [0.25, 0.3) is 5.91 Å². The zero-order chi connectivity index (χ0) is 16.1. The van der Waals surface area contributed by atoms with Gasteiger partial charge in [0.1, 0.15) is 0 Å².